The molecule has 2 atom stereocenters. The van der Waals surface area contributed by atoms with Gasteiger partial charge in [0.25, 0.3) is 0 Å². The third-order valence-electron chi connectivity index (χ3n) is 3.76. The molecule has 0 aromatic heterocycles. The van der Waals surface area contributed by atoms with Gasteiger partial charge in [-0.1, -0.05) is 6.07 Å². The van der Waals surface area contributed by atoms with Gasteiger partial charge in [0.15, 0.2) is 11.5 Å². The molecule has 3 rings (SSSR count). The van der Waals surface area contributed by atoms with Gasteiger partial charge in [-0.3, -0.25) is 0 Å². The van der Waals surface area contributed by atoms with Crippen molar-refractivity contribution >= 4 is 0 Å². The maximum atomic E-state index is 10.3. The zero-order valence-electron chi connectivity index (χ0n) is 11.4. The molecule has 1 heterocycles. The van der Waals surface area contributed by atoms with Gasteiger partial charge in [-0.05, 0) is 36.2 Å². The Hall–Kier alpha value is -2.40. The first-order chi connectivity index (χ1) is 9.95. The lowest BCUT2D eigenvalue weighted by molar-refractivity contribution is 0.0203. The Labute approximate surface area is 121 Å². The molecule has 5 nitrogen and oxygen atoms in total. The largest absolute Gasteiger partial charge is 0.508 e. The maximum Gasteiger partial charge on any atom is 0.157 e. The molecule has 5 heteroatoms. The summed E-state index contributed by atoms with van der Waals surface area (Å²) >= 11 is 0. The molecular formula is C16H16O5. The molecule has 110 valence electrons. The monoisotopic (exact) mass is 288 g/mol. The maximum absolute atomic E-state index is 10.3. The summed E-state index contributed by atoms with van der Waals surface area (Å²) in [6, 6.07) is 7.44. The zero-order chi connectivity index (χ0) is 15.1. The van der Waals surface area contributed by atoms with Crippen molar-refractivity contribution in [3.63, 3.8) is 0 Å². The average molecular weight is 288 g/mol. The van der Waals surface area contributed by atoms with Crippen molar-refractivity contribution in [3.8, 4) is 23.0 Å². The highest BCUT2D eigenvalue weighted by Gasteiger charge is 2.31. The Kier molecular flexibility index (Phi) is 3.14. The Morgan fingerprint density at radius 3 is 2.52 bits per heavy atom. The third-order valence-corrected chi connectivity index (χ3v) is 3.76. The van der Waals surface area contributed by atoms with E-state index < -0.39 is 12.2 Å². The minimum atomic E-state index is -0.773. The predicted molar refractivity (Wildman–Crippen MR) is 75.7 cm³/mol. The Balaban J connectivity index is 2.00. The first kappa shape index (κ1) is 13.6. The first-order valence-electron chi connectivity index (χ1n) is 6.65. The Morgan fingerprint density at radius 2 is 1.81 bits per heavy atom. The van der Waals surface area contributed by atoms with Crippen LogP contribution < -0.4 is 4.74 Å². The van der Waals surface area contributed by atoms with Gasteiger partial charge < -0.3 is 25.2 Å². The SMILES string of the molecule is Cc1cc(O)cc2c1C[C@H](O)C(c1ccc(O)c(O)c1)O2. The van der Waals surface area contributed by atoms with E-state index in [1.807, 2.05) is 6.92 Å². The van der Waals surface area contributed by atoms with E-state index in [0.717, 1.165) is 11.1 Å². The summed E-state index contributed by atoms with van der Waals surface area (Å²) < 4.78 is 5.78. The third kappa shape index (κ3) is 2.36. The lowest BCUT2D eigenvalue weighted by Crippen LogP contribution is -2.30. The number of fused-ring (bicyclic) bond motifs is 1. The second kappa shape index (κ2) is 4.86. The van der Waals surface area contributed by atoms with Crippen molar-refractivity contribution in [1.82, 2.24) is 0 Å². The molecule has 0 bridgehead atoms. The van der Waals surface area contributed by atoms with Gasteiger partial charge in [0.2, 0.25) is 0 Å². The summed E-state index contributed by atoms with van der Waals surface area (Å²) in [5.74, 6) is 0.143. The van der Waals surface area contributed by atoms with Gasteiger partial charge in [0.05, 0.1) is 6.10 Å². The normalized spacial score (nSPS) is 20.7. The fourth-order valence-corrected chi connectivity index (χ4v) is 2.67. The molecular weight excluding hydrogens is 272 g/mol. The van der Waals surface area contributed by atoms with Crippen LogP contribution >= 0.6 is 0 Å². The molecule has 2 aromatic rings. The van der Waals surface area contributed by atoms with E-state index in [1.54, 1.807) is 12.1 Å². The van der Waals surface area contributed by atoms with Crippen LogP contribution in [0.4, 0.5) is 0 Å². The van der Waals surface area contributed by atoms with Gasteiger partial charge in [0, 0.05) is 18.1 Å². The molecule has 0 radical (unpaired) electrons. The highest BCUT2D eigenvalue weighted by Crippen LogP contribution is 2.40. The van der Waals surface area contributed by atoms with Crippen LogP contribution in [0.1, 0.15) is 22.8 Å². The minimum absolute atomic E-state index is 0.106. The number of aromatic hydroxyl groups is 3. The lowest BCUT2D eigenvalue weighted by Gasteiger charge is -2.32. The molecule has 0 amide bonds. The fourth-order valence-electron chi connectivity index (χ4n) is 2.67. The van der Waals surface area contributed by atoms with E-state index in [9.17, 15) is 20.4 Å². The zero-order valence-corrected chi connectivity index (χ0v) is 11.4. The van der Waals surface area contributed by atoms with Crippen molar-refractivity contribution < 1.29 is 25.2 Å². The van der Waals surface area contributed by atoms with Crippen molar-refractivity contribution in [2.75, 3.05) is 0 Å². The minimum Gasteiger partial charge on any atom is -0.508 e. The lowest BCUT2D eigenvalue weighted by atomic mass is 9.92. The van der Waals surface area contributed by atoms with E-state index in [-0.39, 0.29) is 17.2 Å². The molecule has 0 aliphatic carbocycles. The molecule has 1 aliphatic rings. The molecule has 2 aromatic carbocycles. The van der Waals surface area contributed by atoms with E-state index >= 15 is 0 Å². The molecule has 4 N–H and O–H groups in total. The van der Waals surface area contributed by atoms with Gasteiger partial charge in [0.1, 0.15) is 17.6 Å². The molecule has 0 saturated heterocycles. The first-order valence-corrected chi connectivity index (χ1v) is 6.65. The summed E-state index contributed by atoms with van der Waals surface area (Å²) in [5.41, 5.74) is 2.28. The van der Waals surface area contributed by atoms with Crippen LogP contribution in [0.3, 0.4) is 0 Å². The van der Waals surface area contributed by atoms with E-state index in [4.69, 9.17) is 4.74 Å². The smallest absolute Gasteiger partial charge is 0.157 e. The highest BCUT2D eigenvalue weighted by molar-refractivity contribution is 5.49. The molecule has 1 aliphatic heterocycles. The average Bonchev–Trinajstić information content (AvgIpc) is 2.42. The quantitative estimate of drug-likeness (QED) is 0.604. The summed E-state index contributed by atoms with van der Waals surface area (Å²) in [5, 5.41) is 38.9. The molecule has 0 fully saturated rings. The van der Waals surface area contributed by atoms with Crippen LogP contribution in [0, 0.1) is 6.92 Å². The van der Waals surface area contributed by atoms with Crippen LogP contribution in [-0.4, -0.2) is 26.5 Å². The van der Waals surface area contributed by atoms with Crippen LogP contribution in [-0.2, 0) is 6.42 Å². The number of aryl methyl sites for hydroxylation is 1. The van der Waals surface area contributed by atoms with E-state index in [2.05, 4.69) is 0 Å². The number of aliphatic hydroxyl groups excluding tert-OH is 1. The van der Waals surface area contributed by atoms with Crippen LogP contribution in [0.25, 0.3) is 0 Å². The standard InChI is InChI=1S/C16H16O5/c1-8-4-10(17)6-15-11(8)7-14(20)16(21-15)9-2-3-12(18)13(19)5-9/h2-6,14,16-20H,7H2,1H3/t14-,16?/m0/s1. The van der Waals surface area contributed by atoms with Gasteiger partial charge >= 0.3 is 0 Å². The summed E-state index contributed by atoms with van der Waals surface area (Å²) in [7, 11) is 0. The summed E-state index contributed by atoms with van der Waals surface area (Å²) in [6.45, 7) is 1.85. The predicted octanol–water partition coefficient (Wildman–Crippen LogP) is 2.15. The van der Waals surface area contributed by atoms with Crippen molar-refractivity contribution in [2.45, 2.75) is 25.6 Å². The topological polar surface area (TPSA) is 90.2 Å². The van der Waals surface area contributed by atoms with E-state index in [1.165, 1.54) is 18.2 Å². The summed E-state index contributed by atoms with van der Waals surface area (Å²) in [6.07, 6.45) is -1.04. The Morgan fingerprint density at radius 1 is 1.05 bits per heavy atom. The number of phenols is 3. The van der Waals surface area contributed by atoms with Crippen molar-refractivity contribution in [1.29, 1.82) is 0 Å². The van der Waals surface area contributed by atoms with Gasteiger partial charge in [-0.15, -0.1) is 0 Å². The van der Waals surface area contributed by atoms with Crippen molar-refractivity contribution in [3.05, 3.63) is 47.0 Å². The number of hydrogen-bond acceptors (Lipinski definition) is 5. The molecule has 0 saturated carbocycles. The number of aliphatic hydroxyl groups is 1. The van der Waals surface area contributed by atoms with Crippen LogP contribution in [0.15, 0.2) is 30.3 Å². The highest BCUT2D eigenvalue weighted by atomic mass is 16.5. The number of ether oxygens (including phenoxy) is 1. The van der Waals surface area contributed by atoms with Crippen molar-refractivity contribution in [2.24, 2.45) is 0 Å². The van der Waals surface area contributed by atoms with E-state index in [0.29, 0.717) is 17.7 Å². The van der Waals surface area contributed by atoms with Gasteiger partial charge in [-0.2, -0.15) is 0 Å². The van der Waals surface area contributed by atoms with Gasteiger partial charge in [-0.25, -0.2) is 0 Å². The fraction of sp³-hybridized carbons (Fsp3) is 0.250. The molecule has 1 unspecified atom stereocenters. The number of benzene rings is 2. The number of hydrogen-bond donors (Lipinski definition) is 4. The number of phenolic OH excluding ortho intramolecular Hbond substituents is 3. The Bertz CT molecular complexity index is 695. The summed E-state index contributed by atoms with van der Waals surface area (Å²) in [4.78, 5) is 0. The second-order valence-corrected chi connectivity index (χ2v) is 5.30. The van der Waals surface area contributed by atoms with Crippen LogP contribution in [0.2, 0.25) is 0 Å². The molecule has 21 heavy (non-hydrogen) atoms. The second-order valence-electron chi connectivity index (χ2n) is 5.30. The number of rotatable bonds is 1. The molecule has 0 spiro atoms. The van der Waals surface area contributed by atoms with Crippen LogP contribution in [0.5, 0.6) is 23.0 Å².